The van der Waals surface area contributed by atoms with Gasteiger partial charge in [0.05, 0.1) is 6.20 Å². The van der Waals surface area contributed by atoms with Crippen LogP contribution in [0.25, 0.3) is 0 Å². The Labute approximate surface area is 113 Å². The maximum absolute atomic E-state index is 7.31. The molecule has 2 rings (SSSR count). The summed E-state index contributed by atoms with van der Waals surface area (Å²) >= 11 is 3.32. The summed E-state index contributed by atoms with van der Waals surface area (Å²) in [5.74, 6) is 0.617. The molecule has 3 N–H and O–H groups in total. The highest BCUT2D eigenvalue weighted by atomic mass is 79.9. The van der Waals surface area contributed by atoms with E-state index in [9.17, 15) is 0 Å². The van der Waals surface area contributed by atoms with E-state index in [2.05, 4.69) is 25.9 Å². The van der Waals surface area contributed by atoms with E-state index in [0.717, 1.165) is 10.0 Å². The predicted molar refractivity (Wildman–Crippen MR) is 71.5 cm³/mol. The molecular weight excluding hydrogens is 296 g/mol. The molecule has 0 bridgehead atoms. The number of rotatable bonds is 4. The summed E-state index contributed by atoms with van der Waals surface area (Å²) in [5, 5.41) is 7.31. The average molecular weight is 307 g/mol. The second-order valence-corrected chi connectivity index (χ2v) is 4.51. The summed E-state index contributed by atoms with van der Waals surface area (Å²) in [4.78, 5) is 7.99. The highest BCUT2D eigenvalue weighted by Gasteiger charge is 2.01. The molecule has 2 aromatic heterocycles. The molecule has 0 aliphatic carbocycles. The molecule has 0 radical (unpaired) electrons. The fraction of sp³-hybridized carbons (Fsp3) is 0.0833. The molecule has 0 saturated carbocycles. The zero-order valence-electron chi connectivity index (χ0n) is 9.43. The lowest BCUT2D eigenvalue weighted by Crippen LogP contribution is -2.13. The van der Waals surface area contributed by atoms with E-state index >= 15 is 0 Å². The zero-order chi connectivity index (χ0) is 13.0. The van der Waals surface area contributed by atoms with Crippen molar-refractivity contribution < 1.29 is 4.74 Å². The number of amidine groups is 1. The van der Waals surface area contributed by atoms with Gasteiger partial charge in [-0.1, -0.05) is 0 Å². The summed E-state index contributed by atoms with van der Waals surface area (Å²) < 4.78 is 6.44. The normalized spacial score (nSPS) is 10.1. The number of hydrogen-bond acceptors (Lipinski definition) is 4. The van der Waals surface area contributed by atoms with Crippen LogP contribution in [0.15, 0.2) is 41.3 Å². The molecule has 18 heavy (non-hydrogen) atoms. The van der Waals surface area contributed by atoms with Crippen molar-refractivity contribution in [3.8, 4) is 5.75 Å². The van der Waals surface area contributed by atoms with Gasteiger partial charge in [0.1, 0.15) is 23.9 Å². The Balaban J connectivity index is 2.06. The van der Waals surface area contributed by atoms with Gasteiger partial charge < -0.3 is 10.5 Å². The van der Waals surface area contributed by atoms with E-state index in [1.807, 2.05) is 12.1 Å². The van der Waals surface area contributed by atoms with Gasteiger partial charge in [0, 0.05) is 16.9 Å². The minimum absolute atomic E-state index is 0.0547. The highest BCUT2D eigenvalue weighted by molar-refractivity contribution is 9.10. The second kappa shape index (κ2) is 5.59. The van der Waals surface area contributed by atoms with Gasteiger partial charge in [0.25, 0.3) is 0 Å². The fourth-order valence-electron chi connectivity index (χ4n) is 1.35. The summed E-state index contributed by atoms with van der Waals surface area (Å²) in [5.41, 5.74) is 6.72. The van der Waals surface area contributed by atoms with Crippen molar-refractivity contribution in [3.05, 3.63) is 52.5 Å². The lowest BCUT2D eigenvalue weighted by molar-refractivity contribution is 0.304. The highest BCUT2D eigenvalue weighted by Crippen LogP contribution is 2.17. The quantitative estimate of drug-likeness (QED) is 0.669. The predicted octanol–water partition coefficient (Wildman–Crippen LogP) is 2.10. The van der Waals surface area contributed by atoms with Crippen molar-refractivity contribution in [1.29, 1.82) is 5.41 Å². The van der Waals surface area contributed by atoms with Gasteiger partial charge in [-0.2, -0.15) is 0 Å². The smallest absolute Gasteiger partial charge is 0.141 e. The molecule has 0 spiro atoms. The van der Waals surface area contributed by atoms with Gasteiger partial charge in [-0.05, 0) is 39.7 Å². The molecule has 0 unspecified atom stereocenters. The molecule has 0 aliphatic rings. The number of halogens is 1. The minimum Gasteiger partial charge on any atom is -0.487 e. The monoisotopic (exact) mass is 306 g/mol. The number of nitrogen functional groups attached to an aromatic ring is 1. The molecule has 0 aromatic carbocycles. The SMILES string of the molecule is N=C(N)c1cc(COc2cncc(Br)c2)ccn1. The van der Waals surface area contributed by atoms with Crippen LogP contribution in [0.1, 0.15) is 11.3 Å². The lowest BCUT2D eigenvalue weighted by atomic mass is 10.2. The van der Waals surface area contributed by atoms with Crippen molar-refractivity contribution in [2.45, 2.75) is 6.61 Å². The van der Waals surface area contributed by atoms with Gasteiger partial charge in [-0.25, -0.2) is 0 Å². The molecule has 0 atom stereocenters. The first-order chi connectivity index (χ1) is 8.65. The first-order valence-electron chi connectivity index (χ1n) is 5.18. The van der Waals surface area contributed by atoms with Crippen LogP contribution in [0, 0.1) is 5.41 Å². The molecule has 0 saturated heterocycles. The summed E-state index contributed by atoms with van der Waals surface area (Å²) in [7, 11) is 0. The molecule has 92 valence electrons. The third-order valence-corrected chi connectivity index (χ3v) is 2.62. The Morgan fingerprint density at radius 3 is 2.94 bits per heavy atom. The third kappa shape index (κ3) is 3.27. The zero-order valence-corrected chi connectivity index (χ0v) is 11.0. The van der Waals surface area contributed by atoms with Gasteiger partial charge in [-0.15, -0.1) is 0 Å². The molecule has 0 fully saturated rings. The summed E-state index contributed by atoms with van der Waals surface area (Å²) in [6.07, 6.45) is 4.93. The van der Waals surface area contributed by atoms with Gasteiger partial charge in [0.15, 0.2) is 0 Å². The van der Waals surface area contributed by atoms with Crippen LogP contribution in [-0.4, -0.2) is 15.8 Å². The third-order valence-electron chi connectivity index (χ3n) is 2.19. The topological polar surface area (TPSA) is 84.9 Å². The van der Waals surface area contributed by atoms with E-state index in [-0.39, 0.29) is 5.84 Å². The Morgan fingerprint density at radius 1 is 1.39 bits per heavy atom. The first-order valence-corrected chi connectivity index (χ1v) is 5.97. The van der Waals surface area contributed by atoms with Gasteiger partial charge >= 0.3 is 0 Å². The minimum atomic E-state index is -0.0547. The second-order valence-electron chi connectivity index (χ2n) is 3.59. The van der Waals surface area contributed by atoms with Gasteiger partial charge in [-0.3, -0.25) is 15.4 Å². The lowest BCUT2D eigenvalue weighted by Gasteiger charge is -2.07. The van der Waals surface area contributed by atoms with Crippen LogP contribution < -0.4 is 10.5 Å². The number of nitrogens with two attached hydrogens (primary N) is 1. The molecular formula is C12H11BrN4O. The maximum Gasteiger partial charge on any atom is 0.141 e. The number of hydrogen-bond donors (Lipinski definition) is 2. The van der Waals surface area contributed by atoms with E-state index in [0.29, 0.717) is 18.1 Å². The maximum atomic E-state index is 7.31. The van der Waals surface area contributed by atoms with Gasteiger partial charge in [0.2, 0.25) is 0 Å². The number of ether oxygens (including phenoxy) is 1. The van der Waals surface area contributed by atoms with Crippen LogP contribution in [0.3, 0.4) is 0 Å². The summed E-state index contributed by atoms with van der Waals surface area (Å²) in [6.45, 7) is 0.376. The Bertz CT molecular complexity index is 574. The number of pyridine rings is 2. The molecule has 6 heteroatoms. The summed E-state index contributed by atoms with van der Waals surface area (Å²) in [6, 6.07) is 5.38. The van der Waals surface area contributed by atoms with E-state index in [1.54, 1.807) is 24.7 Å². The van der Waals surface area contributed by atoms with Crippen molar-refractivity contribution in [1.82, 2.24) is 9.97 Å². The Kier molecular flexibility index (Phi) is 3.88. The van der Waals surface area contributed by atoms with Crippen molar-refractivity contribution in [3.63, 3.8) is 0 Å². The largest absolute Gasteiger partial charge is 0.487 e. The van der Waals surface area contributed by atoms with E-state index in [4.69, 9.17) is 15.9 Å². The molecule has 5 nitrogen and oxygen atoms in total. The van der Waals surface area contributed by atoms with Crippen molar-refractivity contribution in [2.75, 3.05) is 0 Å². The Hall–Kier alpha value is -1.95. The molecule has 0 amide bonds. The van der Waals surface area contributed by atoms with Crippen molar-refractivity contribution >= 4 is 21.8 Å². The van der Waals surface area contributed by atoms with Crippen LogP contribution in [-0.2, 0) is 6.61 Å². The van der Waals surface area contributed by atoms with Crippen LogP contribution >= 0.6 is 15.9 Å². The standard InChI is InChI=1S/C12H11BrN4O/c13-9-4-10(6-16-5-9)18-7-8-1-2-17-11(3-8)12(14)15/h1-6H,7H2,(H3,14,15). The molecule has 0 aliphatic heterocycles. The number of nitrogens with zero attached hydrogens (tertiary/aromatic N) is 2. The fourth-order valence-corrected chi connectivity index (χ4v) is 1.69. The number of nitrogens with one attached hydrogen (secondary N) is 1. The van der Waals surface area contributed by atoms with Crippen LogP contribution in [0.4, 0.5) is 0 Å². The Morgan fingerprint density at radius 2 is 2.22 bits per heavy atom. The van der Waals surface area contributed by atoms with Crippen LogP contribution in [0.5, 0.6) is 5.75 Å². The van der Waals surface area contributed by atoms with Crippen molar-refractivity contribution in [2.24, 2.45) is 5.73 Å². The van der Waals surface area contributed by atoms with E-state index < -0.39 is 0 Å². The first kappa shape index (κ1) is 12.5. The van der Waals surface area contributed by atoms with Crippen LogP contribution in [0.2, 0.25) is 0 Å². The van der Waals surface area contributed by atoms with E-state index in [1.165, 1.54) is 0 Å². The molecule has 2 aromatic rings. The average Bonchev–Trinajstić information content (AvgIpc) is 2.37. The number of aromatic nitrogens is 2. The molecule has 2 heterocycles.